The first-order valence-electron chi connectivity index (χ1n) is 6.49. The number of rotatable bonds is 3. The Labute approximate surface area is 119 Å². The van der Waals surface area contributed by atoms with Crippen molar-refractivity contribution in [3.63, 3.8) is 0 Å². The van der Waals surface area contributed by atoms with Crippen molar-refractivity contribution >= 4 is 17.4 Å². The summed E-state index contributed by atoms with van der Waals surface area (Å²) in [6, 6.07) is 9.53. The molecule has 0 spiro atoms. The molecular formula is C16H19N3O. The van der Waals surface area contributed by atoms with E-state index < -0.39 is 0 Å². The molecule has 2 aromatic rings. The Morgan fingerprint density at radius 3 is 2.40 bits per heavy atom. The van der Waals surface area contributed by atoms with Crippen molar-refractivity contribution in [1.82, 2.24) is 4.98 Å². The summed E-state index contributed by atoms with van der Waals surface area (Å²) in [7, 11) is 3.74. The lowest BCUT2D eigenvalue weighted by atomic mass is 10.1. The lowest BCUT2D eigenvalue weighted by Gasteiger charge is -2.15. The molecule has 1 aromatic heterocycles. The number of pyridine rings is 1. The highest BCUT2D eigenvalue weighted by Crippen LogP contribution is 2.18. The van der Waals surface area contributed by atoms with Gasteiger partial charge in [-0.1, -0.05) is 6.07 Å². The minimum Gasteiger partial charge on any atom is -0.362 e. The number of anilines is 2. The van der Waals surface area contributed by atoms with E-state index in [4.69, 9.17) is 0 Å². The van der Waals surface area contributed by atoms with Crippen LogP contribution in [-0.2, 0) is 0 Å². The van der Waals surface area contributed by atoms with Crippen LogP contribution in [0.3, 0.4) is 0 Å². The highest BCUT2D eigenvalue weighted by molar-refractivity contribution is 6.07. The predicted octanol–water partition coefficient (Wildman–Crippen LogP) is 3.02. The average Bonchev–Trinajstić information content (AvgIpc) is 2.37. The Hall–Kier alpha value is -2.36. The Morgan fingerprint density at radius 2 is 1.80 bits per heavy atom. The number of hydrogen-bond acceptors (Lipinski definition) is 3. The molecule has 0 aliphatic heterocycles. The van der Waals surface area contributed by atoms with E-state index in [1.54, 1.807) is 18.3 Å². The van der Waals surface area contributed by atoms with Gasteiger partial charge in [0.25, 0.3) is 5.91 Å². The Balaban J connectivity index is 2.28. The fourth-order valence-corrected chi connectivity index (χ4v) is 2.18. The maximum atomic E-state index is 12.4. The maximum Gasteiger partial charge on any atom is 0.259 e. The lowest BCUT2D eigenvalue weighted by molar-refractivity contribution is 0.102. The molecule has 4 heteroatoms. The average molecular weight is 269 g/mol. The molecule has 4 nitrogen and oxygen atoms in total. The third-order valence-corrected chi connectivity index (χ3v) is 2.93. The van der Waals surface area contributed by atoms with Crippen LogP contribution in [-0.4, -0.2) is 25.0 Å². The summed E-state index contributed by atoms with van der Waals surface area (Å²) >= 11 is 0. The van der Waals surface area contributed by atoms with Crippen LogP contribution in [0.2, 0.25) is 0 Å². The van der Waals surface area contributed by atoms with Gasteiger partial charge < -0.3 is 10.2 Å². The van der Waals surface area contributed by atoms with Gasteiger partial charge in [-0.25, -0.2) is 4.98 Å². The molecule has 0 aliphatic carbocycles. The number of nitrogens with zero attached hydrogens (tertiary/aromatic N) is 2. The number of benzene rings is 1. The van der Waals surface area contributed by atoms with E-state index in [-0.39, 0.29) is 5.91 Å². The molecule has 0 bridgehead atoms. The van der Waals surface area contributed by atoms with Gasteiger partial charge >= 0.3 is 0 Å². The van der Waals surface area contributed by atoms with Crippen LogP contribution in [0, 0.1) is 13.8 Å². The number of aryl methyl sites for hydroxylation is 2. The number of nitrogens with one attached hydrogen (secondary N) is 1. The largest absolute Gasteiger partial charge is 0.362 e. The highest BCUT2D eigenvalue weighted by atomic mass is 16.1. The van der Waals surface area contributed by atoms with Crippen LogP contribution in [0.1, 0.15) is 21.5 Å². The molecule has 1 aromatic carbocycles. The van der Waals surface area contributed by atoms with E-state index >= 15 is 0 Å². The monoisotopic (exact) mass is 269 g/mol. The van der Waals surface area contributed by atoms with E-state index in [9.17, 15) is 4.79 Å². The van der Waals surface area contributed by atoms with E-state index in [2.05, 4.69) is 16.4 Å². The second kappa shape index (κ2) is 5.74. The van der Waals surface area contributed by atoms with Gasteiger partial charge in [-0.05, 0) is 49.2 Å². The van der Waals surface area contributed by atoms with Gasteiger partial charge in [-0.15, -0.1) is 0 Å². The minimum atomic E-state index is -0.146. The van der Waals surface area contributed by atoms with Gasteiger partial charge in [-0.3, -0.25) is 4.79 Å². The first-order chi connectivity index (χ1) is 9.47. The summed E-state index contributed by atoms with van der Waals surface area (Å²) in [5, 5.41) is 2.93. The van der Waals surface area contributed by atoms with Crippen molar-refractivity contribution < 1.29 is 4.79 Å². The standard InChI is InChI=1S/C16H19N3O/c1-11-8-12(2)10-13(9-11)18-16(20)14-6-5-7-17-15(14)19(3)4/h5-10H,1-4H3,(H,18,20). The van der Waals surface area contributed by atoms with Crippen molar-refractivity contribution in [3.05, 3.63) is 53.2 Å². The third-order valence-electron chi connectivity index (χ3n) is 2.93. The zero-order chi connectivity index (χ0) is 14.7. The van der Waals surface area contributed by atoms with Gasteiger partial charge in [0, 0.05) is 26.0 Å². The molecule has 1 heterocycles. The van der Waals surface area contributed by atoms with Crippen molar-refractivity contribution in [2.24, 2.45) is 0 Å². The number of carbonyl (C=O) groups is 1. The second-order valence-corrected chi connectivity index (χ2v) is 5.10. The zero-order valence-corrected chi connectivity index (χ0v) is 12.3. The molecule has 0 atom stereocenters. The quantitative estimate of drug-likeness (QED) is 0.931. The molecule has 0 unspecified atom stereocenters. The minimum absolute atomic E-state index is 0.146. The second-order valence-electron chi connectivity index (χ2n) is 5.10. The Kier molecular flexibility index (Phi) is 4.03. The van der Waals surface area contributed by atoms with E-state index in [0.29, 0.717) is 11.4 Å². The SMILES string of the molecule is Cc1cc(C)cc(NC(=O)c2cccnc2N(C)C)c1. The van der Waals surface area contributed by atoms with Gasteiger partial charge in [0.1, 0.15) is 5.82 Å². The van der Waals surface area contributed by atoms with Crippen LogP contribution in [0.5, 0.6) is 0 Å². The summed E-state index contributed by atoms with van der Waals surface area (Å²) < 4.78 is 0. The van der Waals surface area contributed by atoms with E-state index in [0.717, 1.165) is 16.8 Å². The summed E-state index contributed by atoms with van der Waals surface area (Å²) in [6.07, 6.45) is 1.68. The number of amides is 1. The Bertz CT molecular complexity index is 615. The molecule has 1 amide bonds. The first-order valence-corrected chi connectivity index (χ1v) is 6.49. The van der Waals surface area contributed by atoms with Gasteiger partial charge in [-0.2, -0.15) is 0 Å². The number of carbonyl (C=O) groups excluding carboxylic acids is 1. The molecule has 2 rings (SSSR count). The number of aromatic nitrogens is 1. The third kappa shape index (κ3) is 3.15. The molecule has 0 radical (unpaired) electrons. The predicted molar refractivity (Wildman–Crippen MR) is 82.4 cm³/mol. The van der Waals surface area contributed by atoms with Crippen LogP contribution in [0.15, 0.2) is 36.5 Å². The van der Waals surface area contributed by atoms with Crippen molar-refractivity contribution in [3.8, 4) is 0 Å². The molecule has 0 fully saturated rings. The van der Waals surface area contributed by atoms with E-state index in [1.807, 2.05) is 45.0 Å². The molecule has 20 heavy (non-hydrogen) atoms. The first kappa shape index (κ1) is 14.1. The topological polar surface area (TPSA) is 45.2 Å². The molecular weight excluding hydrogens is 250 g/mol. The van der Waals surface area contributed by atoms with Crippen molar-refractivity contribution in [1.29, 1.82) is 0 Å². The van der Waals surface area contributed by atoms with Gasteiger partial charge in [0.2, 0.25) is 0 Å². The normalized spacial score (nSPS) is 10.2. The molecule has 0 aliphatic rings. The maximum absolute atomic E-state index is 12.4. The smallest absolute Gasteiger partial charge is 0.259 e. The summed E-state index contributed by atoms with van der Waals surface area (Å²) in [4.78, 5) is 18.5. The zero-order valence-electron chi connectivity index (χ0n) is 12.3. The van der Waals surface area contributed by atoms with Gasteiger partial charge in [0.15, 0.2) is 0 Å². The van der Waals surface area contributed by atoms with E-state index in [1.165, 1.54) is 0 Å². The highest BCUT2D eigenvalue weighted by Gasteiger charge is 2.13. The molecule has 0 saturated carbocycles. The molecule has 0 saturated heterocycles. The van der Waals surface area contributed by atoms with Crippen molar-refractivity contribution in [2.75, 3.05) is 24.3 Å². The lowest BCUT2D eigenvalue weighted by Crippen LogP contribution is -2.19. The Morgan fingerprint density at radius 1 is 1.15 bits per heavy atom. The fraction of sp³-hybridized carbons (Fsp3) is 0.250. The summed E-state index contributed by atoms with van der Waals surface area (Å²) in [6.45, 7) is 4.02. The molecule has 104 valence electrons. The van der Waals surface area contributed by atoms with Crippen LogP contribution in [0.4, 0.5) is 11.5 Å². The number of hydrogen-bond donors (Lipinski definition) is 1. The van der Waals surface area contributed by atoms with Crippen LogP contribution >= 0.6 is 0 Å². The van der Waals surface area contributed by atoms with Crippen LogP contribution < -0.4 is 10.2 Å². The van der Waals surface area contributed by atoms with Gasteiger partial charge in [0.05, 0.1) is 5.56 Å². The van der Waals surface area contributed by atoms with Crippen LogP contribution in [0.25, 0.3) is 0 Å². The van der Waals surface area contributed by atoms with Crippen molar-refractivity contribution in [2.45, 2.75) is 13.8 Å². The fourth-order valence-electron chi connectivity index (χ4n) is 2.18. The molecule has 1 N–H and O–H groups in total. The summed E-state index contributed by atoms with van der Waals surface area (Å²) in [5.74, 6) is 0.515. The summed E-state index contributed by atoms with van der Waals surface area (Å²) in [5.41, 5.74) is 3.62.